The predicted octanol–water partition coefficient (Wildman–Crippen LogP) is 2.53. The van der Waals surface area contributed by atoms with E-state index >= 15 is 0 Å². The van der Waals surface area contributed by atoms with Crippen molar-refractivity contribution < 1.29 is 5.11 Å². The molecular formula is C13H20INO. The second kappa shape index (κ2) is 5.47. The van der Waals surface area contributed by atoms with Crippen molar-refractivity contribution in [1.82, 2.24) is 4.90 Å². The van der Waals surface area contributed by atoms with E-state index in [1.165, 1.54) is 9.13 Å². The van der Waals surface area contributed by atoms with Crippen molar-refractivity contribution in [2.75, 3.05) is 14.1 Å². The van der Waals surface area contributed by atoms with Crippen molar-refractivity contribution in [3.05, 3.63) is 33.4 Å². The van der Waals surface area contributed by atoms with Gasteiger partial charge in [-0.15, -0.1) is 0 Å². The van der Waals surface area contributed by atoms with Gasteiger partial charge in [-0.3, -0.25) is 0 Å². The van der Waals surface area contributed by atoms with Crippen molar-refractivity contribution >= 4 is 22.6 Å². The molecule has 0 bridgehead atoms. The van der Waals surface area contributed by atoms with Gasteiger partial charge in [-0.1, -0.05) is 12.1 Å². The van der Waals surface area contributed by atoms with Gasteiger partial charge < -0.3 is 10.0 Å². The van der Waals surface area contributed by atoms with Crippen LogP contribution >= 0.6 is 22.6 Å². The number of benzene rings is 1. The number of aliphatic hydroxyl groups excluding tert-OH is 1. The molecule has 0 spiro atoms. The van der Waals surface area contributed by atoms with E-state index in [-0.39, 0.29) is 11.6 Å². The maximum atomic E-state index is 10.2. The minimum atomic E-state index is -0.359. The molecule has 1 N–H and O–H groups in total. The third-order valence-electron chi connectivity index (χ3n) is 3.31. The van der Waals surface area contributed by atoms with Crippen LogP contribution < -0.4 is 0 Å². The highest BCUT2D eigenvalue weighted by molar-refractivity contribution is 14.1. The molecule has 1 aromatic rings. The summed E-state index contributed by atoms with van der Waals surface area (Å²) in [5.41, 5.74) is 0.978. The first-order valence-electron chi connectivity index (χ1n) is 5.44. The molecular weight excluding hydrogens is 313 g/mol. The Kier molecular flexibility index (Phi) is 4.76. The number of hydrogen-bond acceptors (Lipinski definition) is 2. The van der Waals surface area contributed by atoms with Crippen LogP contribution in [-0.2, 0) is 6.42 Å². The van der Waals surface area contributed by atoms with E-state index in [1.807, 2.05) is 14.1 Å². The van der Waals surface area contributed by atoms with Gasteiger partial charge in [0.1, 0.15) is 0 Å². The number of nitrogens with zero attached hydrogens (tertiary/aromatic N) is 1. The topological polar surface area (TPSA) is 23.5 Å². The Hall–Kier alpha value is -0.130. The second-order valence-corrected chi connectivity index (χ2v) is 6.14. The lowest BCUT2D eigenvalue weighted by molar-refractivity contribution is 0.0183. The maximum absolute atomic E-state index is 10.2. The quantitative estimate of drug-likeness (QED) is 0.856. The van der Waals surface area contributed by atoms with Crippen LogP contribution in [0.25, 0.3) is 0 Å². The molecule has 1 unspecified atom stereocenters. The number of halogens is 1. The Morgan fingerprint density at radius 3 is 2.19 bits per heavy atom. The van der Waals surface area contributed by atoms with E-state index in [9.17, 15) is 5.11 Å². The maximum Gasteiger partial charge on any atom is 0.0758 e. The smallest absolute Gasteiger partial charge is 0.0758 e. The van der Waals surface area contributed by atoms with Crippen molar-refractivity contribution in [3.8, 4) is 0 Å². The van der Waals surface area contributed by atoms with E-state index in [4.69, 9.17) is 0 Å². The first-order valence-corrected chi connectivity index (χ1v) is 6.52. The van der Waals surface area contributed by atoms with Gasteiger partial charge in [0, 0.05) is 15.5 Å². The fraction of sp³-hybridized carbons (Fsp3) is 0.538. The standard InChI is InChI=1S/C13H20INO/c1-13(2,15(3)4)12(16)9-10-5-7-11(14)8-6-10/h5-8,12,16H,9H2,1-4H3. The third-order valence-corrected chi connectivity index (χ3v) is 4.03. The molecule has 0 amide bonds. The zero-order valence-electron chi connectivity index (χ0n) is 10.4. The third kappa shape index (κ3) is 3.43. The first kappa shape index (κ1) is 13.9. The summed E-state index contributed by atoms with van der Waals surface area (Å²) in [5.74, 6) is 0. The Balaban J connectivity index is 2.71. The molecule has 1 atom stereocenters. The van der Waals surface area contributed by atoms with Crippen LogP contribution in [0.2, 0.25) is 0 Å². The Morgan fingerprint density at radius 2 is 1.75 bits per heavy atom. The van der Waals surface area contributed by atoms with Crippen LogP contribution in [0, 0.1) is 3.57 Å². The molecule has 2 nitrogen and oxygen atoms in total. The van der Waals surface area contributed by atoms with Gasteiger partial charge in [0.2, 0.25) is 0 Å². The van der Waals surface area contributed by atoms with E-state index in [0.29, 0.717) is 6.42 Å². The summed E-state index contributed by atoms with van der Waals surface area (Å²) in [5, 5.41) is 10.2. The van der Waals surface area contributed by atoms with Crippen LogP contribution in [0.1, 0.15) is 19.4 Å². The fourth-order valence-corrected chi connectivity index (χ4v) is 1.75. The van der Waals surface area contributed by atoms with Gasteiger partial charge in [-0.2, -0.15) is 0 Å². The van der Waals surface area contributed by atoms with E-state index in [0.717, 1.165) is 0 Å². The van der Waals surface area contributed by atoms with Gasteiger partial charge in [0.15, 0.2) is 0 Å². The molecule has 1 rings (SSSR count). The van der Waals surface area contributed by atoms with Crippen LogP contribution in [0.15, 0.2) is 24.3 Å². The van der Waals surface area contributed by atoms with E-state index < -0.39 is 0 Å². The van der Waals surface area contributed by atoms with Crippen LogP contribution in [0.4, 0.5) is 0 Å². The first-order chi connectivity index (χ1) is 7.34. The highest BCUT2D eigenvalue weighted by atomic mass is 127. The van der Waals surface area contributed by atoms with Crippen molar-refractivity contribution in [1.29, 1.82) is 0 Å². The summed E-state index contributed by atoms with van der Waals surface area (Å²) in [6, 6.07) is 8.31. The molecule has 0 aliphatic carbocycles. The molecule has 0 fully saturated rings. The summed E-state index contributed by atoms with van der Waals surface area (Å²) in [6.07, 6.45) is 0.338. The molecule has 16 heavy (non-hydrogen) atoms. The molecule has 0 saturated carbocycles. The zero-order valence-corrected chi connectivity index (χ0v) is 12.5. The fourth-order valence-electron chi connectivity index (χ4n) is 1.39. The zero-order chi connectivity index (χ0) is 12.3. The Bertz CT molecular complexity index is 332. The Morgan fingerprint density at radius 1 is 1.25 bits per heavy atom. The molecule has 0 heterocycles. The van der Waals surface area contributed by atoms with Crippen LogP contribution in [-0.4, -0.2) is 35.7 Å². The average molecular weight is 333 g/mol. The normalized spacial score (nSPS) is 14.2. The summed E-state index contributed by atoms with van der Waals surface area (Å²) < 4.78 is 1.22. The molecule has 3 heteroatoms. The Labute approximate surface area is 112 Å². The highest BCUT2D eigenvalue weighted by Gasteiger charge is 2.29. The second-order valence-electron chi connectivity index (χ2n) is 4.89. The number of rotatable bonds is 4. The summed E-state index contributed by atoms with van der Waals surface area (Å²) in [4.78, 5) is 2.06. The minimum absolute atomic E-state index is 0.205. The van der Waals surface area contributed by atoms with Crippen LogP contribution in [0.5, 0.6) is 0 Å². The molecule has 0 aliphatic rings. The summed E-state index contributed by atoms with van der Waals surface area (Å²) in [6.45, 7) is 4.12. The lowest BCUT2D eigenvalue weighted by Gasteiger charge is -2.37. The van der Waals surface area contributed by atoms with Gasteiger partial charge in [-0.25, -0.2) is 0 Å². The largest absolute Gasteiger partial charge is 0.391 e. The monoisotopic (exact) mass is 333 g/mol. The van der Waals surface area contributed by atoms with Crippen molar-refractivity contribution in [2.45, 2.75) is 31.9 Å². The SMILES string of the molecule is CN(C)C(C)(C)C(O)Cc1ccc(I)cc1. The number of hydrogen-bond donors (Lipinski definition) is 1. The summed E-state index contributed by atoms with van der Waals surface area (Å²) >= 11 is 2.29. The van der Waals surface area contributed by atoms with Crippen molar-refractivity contribution in [3.63, 3.8) is 0 Å². The lowest BCUT2D eigenvalue weighted by atomic mass is 9.91. The minimum Gasteiger partial charge on any atom is -0.391 e. The van der Waals surface area contributed by atoms with Gasteiger partial charge >= 0.3 is 0 Å². The molecule has 0 aromatic heterocycles. The van der Waals surface area contributed by atoms with E-state index in [1.54, 1.807) is 0 Å². The predicted molar refractivity (Wildman–Crippen MR) is 76.6 cm³/mol. The van der Waals surface area contributed by atoms with Crippen LogP contribution in [0.3, 0.4) is 0 Å². The molecule has 1 aromatic carbocycles. The molecule has 90 valence electrons. The van der Waals surface area contributed by atoms with Gasteiger partial charge in [0.05, 0.1) is 6.10 Å². The number of likely N-dealkylation sites (N-methyl/N-ethyl adjacent to an activating group) is 1. The van der Waals surface area contributed by atoms with Gasteiger partial charge in [-0.05, 0) is 68.2 Å². The van der Waals surface area contributed by atoms with E-state index in [2.05, 4.69) is 65.6 Å². The highest BCUT2D eigenvalue weighted by Crippen LogP contribution is 2.19. The van der Waals surface area contributed by atoms with Crippen molar-refractivity contribution in [2.24, 2.45) is 0 Å². The summed E-state index contributed by atoms with van der Waals surface area (Å²) in [7, 11) is 3.99. The molecule has 0 radical (unpaired) electrons. The molecule has 0 aliphatic heterocycles. The lowest BCUT2D eigenvalue weighted by Crippen LogP contribution is -2.49. The molecule has 0 saturated heterocycles. The number of aliphatic hydroxyl groups is 1. The van der Waals surface area contributed by atoms with Gasteiger partial charge in [0.25, 0.3) is 0 Å². The average Bonchev–Trinajstić information content (AvgIpc) is 2.21.